The van der Waals surface area contributed by atoms with E-state index in [1.165, 1.54) is 0 Å². The lowest BCUT2D eigenvalue weighted by molar-refractivity contribution is -0.113. The summed E-state index contributed by atoms with van der Waals surface area (Å²) in [4.78, 5) is 18.7. The van der Waals surface area contributed by atoms with Gasteiger partial charge in [0.25, 0.3) is 5.91 Å². The van der Waals surface area contributed by atoms with Gasteiger partial charge in [0.2, 0.25) is 0 Å². The number of ether oxygens (including phenoxy) is 1. The van der Waals surface area contributed by atoms with Crippen LogP contribution in [0.5, 0.6) is 5.75 Å². The number of carbonyl (C=O) groups excluding carboxylic acids is 1. The lowest BCUT2D eigenvalue weighted by Crippen LogP contribution is -2.36. The molecule has 1 aromatic carbocycles. The number of amides is 1. The summed E-state index contributed by atoms with van der Waals surface area (Å²) < 4.78 is 5.42. The molecule has 7 heteroatoms. The zero-order valence-corrected chi connectivity index (χ0v) is 19.0. The number of carbonyl (C=O) groups is 1. The summed E-state index contributed by atoms with van der Waals surface area (Å²) >= 11 is 0. The van der Waals surface area contributed by atoms with Gasteiger partial charge in [-0.25, -0.2) is 0 Å². The van der Waals surface area contributed by atoms with E-state index in [2.05, 4.69) is 17.1 Å². The minimum Gasteiger partial charge on any atom is -0.495 e. The van der Waals surface area contributed by atoms with Crippen LogP contribution >= 0.6 is 12.4 Å². The van der Waals surface area contributed by atoms with E-state index < -0.39 is 0 Å². The SMILES string of the molecule is COc1cc2c(cc1C#N)N(CC1CCC(N)CC1)C(=O)/C2=C\c1[nH]c(C)cc1C.Cl. The van der Waals surface area contributed by atoms with Crippen LogP contribution in [0.25, 0.3) is 11.6 Å². The van der Waals surface area contributed by atoms with Gasteiger partial charge in [-0.05, 0) is 75.3 Å². The maximum Gasteiger partial charge on any atom is 0.259 e. The summed E-state index contributed by atoms with van der Waals surface area (Å²) in [5.74, 6) is 0.881. The first-order valence-electron chi connectivity index (χ1n) is 10.5. The van der Waals surface area contributed by atoms with Crippen molar-refractivity contribution in [1.82, 2.24) is 4.98 Å². The number of rotatable bonds is 4. The molecule has 2 aliphatic rings. The molecule has 4 rings (SSSR count). The van der Waals surface area contributed by atoms with E-state index in [1.54, 1.807) is 13.2 Å². The number of nitrogens with one attached hydrogen (secondary N) is 1. The monoisotopic (exact) mass is 440 g/mol. The van der Waals surface area contributed by atoms with Crippen molar-refractivity contribution in [3.8, 4) is 11.8 Å². The number of nitriles is 1. The van der Waals surface area contributed by atoms with E-state index in [0.29, 0.717) is 29.3 Å². The molecule has 31 heavy (non-hydrogen) atoms. The number of nitrogens with two attached hydrogens (primary N) is 1. The maximum atomic E-state index is 13.5. The van der Waals surface area contributed by atoms with E-state index in [0.717, 1.165) is 53.9 Å². The van der Waals surface area contributed by atoms with Crippen LogP contribution in [0.1, 0.15) is 53.8 Å². The molecule has 0 spiro atoms. The van der Waals surface area contributed by atoms with Crippen molar-refractivity contribution in [2.75, 3.05) is 18.6 Å². The highest BCUT2D eigenvalue weighted by Crippen LogP contribution is 2.42. The Labute approximate surface area is 189 Å². The van der Waals surface area contributed by atoms with Crippen molar-refractivity contribution in [1.29, 1.82) is 5.26 Å². The van der Waals surface area contributed by atoms with Gasteiger partial charge in [-0.1, -0.05) is 0 Å². The summed E-state index contributed by atoms with van der Waals surface area (Å²) in [6.45, 7) is 4.68. The molecule has 1 aliphatic carbocycles. The number of anilines is 1. The van der Waals surface area contributed by atoms with Crippen LogP contribution in [0.2, 0.25) is 0 Å². The molecule has 3 N–H and O–H groups in total. The van der Waals surface area contributed by atoms with Gasteiger partial charge in [0.05, 0.1) is 23.9 Å². The van der Waals surface area contributed by atoms with Crippen molar-refractivity contribution in [2.45, 2.75) is 45.6 Å². The number of aryl methyl sites for hydroxylation is 2. The molecule has 1 saturated carbocycles. The van der Waals surface area contributed by atoms with Crippen molar-refractivity contribution in [2.24, 2.45) is 11.7 Å². The molecule has 0 bridgehead atoms. The third-order valence-electron chi connectivity index (χ3n) is 6.31. The number of fused-ring (bicyclic) bond motifs is 1. The zero-order valence-electron chi connectivity index (χ0n) is 18.2. The topological polar surface area (TPSA) is 95.1 Å². The highest BCUT2D eigenvalue weighted by atomic mass is 35.5. The third-order valence-corrected chi connectivity index (χ3v) is 6.31. The van der Waals surface area contributed by atoms with Gasteiger partial charge >= 0.3 is 0 Å². The van der Waals surface area contributed by atoms with E-state index in [1.807, 2.05) is 30.9 Å². The quantitative estimate of drug-likeness (QED) is 0.691. The molecule has 6 nitrogen and oxygen atoms in total. The second-order valence-electron chi connectivity index (χ2n) is 8.49. The van der Waals surface area contributed by atoms with Gasteiger partial charge in [0, 0.05) is 29.5 Å². The van der Waals surface area contributed by atoms with E-state index in [-0.39, 0.29) is 24.4 Å². The van der Waals surface area contributed by atoms with Gasteiger partial charge in [-0.15, -0.1) is 12.4 Å². The van der Waals surface area contributed by atoms with Crippen molar-refractivity contribution < 1.29 is 9.53 Å². The number of aromatic nitrogens is 1. The molecule has 0 saturated heterocycles. The molecule has 1 aliphatic heterocycles. The molecule has 164 valence electrons. The molecule has 1 amide bonds. The molecular formula is C24H29ClN4O2. The molecular weight excluding hydrogens is 412 g/mol. The molecule has 1 fully saturated rings. The highest BCUT2D eigenvalue weighted by molar-refractivity contribution is 6.36. The largest absolute Gasteiger partial charge is 0.495 e. The minimum absolute atomic E-state index is 0. The normalized spacial score (nSPS) is 21.6. The van der Waals surface area contributed by atoms with Crippen molar-refractivity contribution in [3.63, 3.8) is 0 Å². The standard InChI is InChI=1S/C24H28N4O2.ClH/c1-14-8-15(2)27-21(14)10-20-19-11-23(30-3)17(12-25)9-22(19)28(24(20)29)13-16-4-6-18(26)7-5-16;/h8-11,16,18,27H,4-7,13,26H2,1-3H3;1H/b20-10-;. The van der Waals surface area contributed by atoms with Crippen LogP contribution in [0.3, 0.4) is 0 Å². The number of nitrogens with zero attached hydrogens (tertiary/aromatic N) is 2. The van der Waals surface area contributed by atoms with E-state index in [4.69, 9.17) is 10.5 Å². The summed E-state index contributed by atoms with van der Waals surface area (Å²) in [5, 5.41) is 9.56. The van der Waals surface area contributed by atoms with Crippen molar-refractivity contribution >= 4 is 35.7 Å². The number of hydrogen-bond acceptors (Lipinski definition) is 4. The summed E-state index contributed by atoms with van der Waals surface area (Å²) in [7, 11) is 1.55. The fraction of sp³-hybridized carbons (Fsp3) is 0.417. The van der Waals surface area contributed by atoms with Gasteiger partial charge in [0.1, 0.15) is 11.8 Å². The summed E-state index contributed by atoms with van der Waals surface area (Å²) in [6.07, 6.45) is 5.96. The molecule has 1 aromatic heterocycles. The van der Waals surface area contributed by atoms with Crippen LogP contribution in [-0.4, -0.2) is 30.6 Å². The minimum atomic E-state index is -0.0244. The number of benzene rings is 1. The van der Waals surface area contributed by atoms with Gasteiger partial charge < -0.3 is 20.4 Å². The lowest BCUT2D eigenvalue weighted by atomic mass is 9.86. The third kappa shape index (κ3) is 4.34. The molecule has 0 atom stereocenters. The van der Waals surface area contributed by atoms with Gasteiger partial charge in [-0.3, -0.25) is 4.79 Å². The van der Waals surface area contributed by atoms with Crippen molar-refractivity contribution in [3.05, 3.63) is 46.3 Å². The number of halogens is 1. The van der Waals surface area contributed by atoms with Crippen LogP contribution in [0.4, 0.5) is 5.69 Å². The second kappa shape index (κ2) is 9.17. The first kappa shape index (κ1) is 22.9. The predicted molar refractivity (Wildman–Crippen MR) is 125 cm³/mol. The first-order chi connectivity index (χ1) is 14.4. The highest BCUT2D eigenvalue weighted by Gasteiger charge is 2.36. The molecule has 0 radical (unpaired) electrons. The number of H-pyrrole nitrogens is 1. The Morgan fingerprint density at radius 1 is 1.26 bits per heavy atom. The smallest absolute Gasteiger partial charge is 0.259 e. The fourth-order valence-electron chi connectivity index (χ4n) is 4.63. The van der Waals surface area contributed by atoms with Gasteiger partial charge in [-0.2, -0.15) is 5.26 Å². The van der Waals surface area contributed by atoms with Crippen LogP contribution in [-0.2, 0) is 4.79 Å². The first-order valence-corrected chi connectivity index (χ1v) is 10.5. The average Bonchev–Trinajstić information content (AvgIpc) is 3.18. The van der Waals surface area contributed by atoms with Gasteiger partial charge in [0.15, 0.2) is 0 Å². The number of methoxy groups -OCH3 is 1. The Morgan fingerprint density at radius 2 is 1.97 bits per heavy atom. The second-order valence-corrected chi connectivity index (χ2v) is 8.49. The Kier molecular flexibility index (Phi) is 6.78. The predicted octanol–water partition coefficient (Wildman–Crippen LogP) is 4.34. The lowest BCUT2D eigenvalue weighted by Gasteiger charge is -2.30. The Bertz CT molecular complexity index is 1060. The van der Waals surface area contributed by atoms with E-state index >= 15 is 0 Å². The van der Waals surface area contributed by atoms with E-state index in [9.17, 15) is 10.1 Å². The summed E-state index contributed by atoms with van der Waals surface area (Å²) in [5.41, 5.74) is 11.8. The van der Waals surface area contributed by atoms with Crippen LogP contribution in [0, 0.1) is 31.1 Å². The Morgan fingerprint density at radius 3 is 2.55 bits per heavy atom. The average molecular weight is 441 g/mol. The maximum absolute atomic E-state index is 13.5. The van der Waals surface area contributed by atoms with Crippen LogP contribution in [0.15, 0.2) is 18.2 Å². The Hall–Kier alpha value is -2.75. The molecule has 2 heterocycles. The Balaban J connectivity index is 0.00000272. The number of aromatic amines is 1. The molecule has 0 unspecified atom stereocenters. The summed E-state index contributed by atoms with van der Waals surface area (Å²) in [6, 6.07) is 8.13. The van der Waals surface area contributed by atoms with Crippen LogP contribution < -0.4 is 15.4 Å². The zero-order chi connectivity index (χ0) is 21.4. The number of hydrogen-bond donors (Lipinski definition) is 2. The fourth-order valence-corrected chi connectivity index (χ4v) is 4.63. The molecule has 2 aromatic rings.